The van der Waals surface area contributed by atoms with Gasteiger partial charge in [-0.2, -0.15) is 5.10 Å². The lowest BCUT2D eigenvalue weighted by Gasteiger charge is -2.22. The van der Waals surface area contributed by atoms with Crippen LogP contribution in [0.4, 0.5) is 0 Å². The summed E-state index contributed by atoms with van der Waals surface area (Å²) in [6.07, 6.45) is 5.27. The van der Waals surface area contributed by atoms with Gasteiger partial charge in [-0.25, -0.2) is 4.98 Å². The molecule has 1 aliphatic heterocycles. The third-order valence-electron chi connectivity index (χ3n) is 6.92. The zero-order valence-electron chi connectivity index (χ0n) is 20.7. The van der Waals surface area contributed by atoms with Crippen molar-refractivity contribution in [3.05, 3.63) is 35.0 Å². The Balaban J connectivity index is 1.25. The first-order chi connectivity index (χ1) is 17.9. The number of H-pyrrole nitrogens is 2. The highest BCUT2D eigenvalue weighted by atomic mass is 16.6. The number of aryl methyl sites for hydroxylation is 1. The molecule has 1 saturated carbocycles. The molecule has 1 aromatic carbocycles. The molecule has 194 valence electrons. The van der Waals surface area contributed by atoms with Crippen molar-refractivity contribution < 1.29 is 23.9 Å². The van der Waals surface area contributed by atoms with E-state index in [1.807, 2.05) is 13.0 Å². The van der Waals surface area contributed by atoms with E-state index in [9.17, 15) is 19.2 Å². The number of ketones is 1. The molecule has 11 heteroatoms. The van der Waals surface area contributed by atoms with Gasteiger partial charge in [0.2, 0.25) is 0 Å². The Bertz CT molecular complexity index is 1350. The van der Waals surface area contributed by atoms with Crippen LogP contribution in [0.25, 0.3) is 22.6 Å². The summed E-state index contributed by atoms with van der Waals surface area (Å²) < 4.78 is 4.92. The maximum absolute atomic E-state index is 13.1. The van der Waals surface area contributed by atoms with Gasteiger partial charge in [-0.1, -0.05) is 25.3 Å². The molecule has 3 aromatic rings. The molecule has 0 unspecified atom stereocenters. The number of esters is 1. The Morgan fingerprint density at radius 3 is 2.70 bits per heavy atom. The topological polar surface area (TPSA) is 159 Å². The first-order valence-electron chi connectivity index (χ1n) is 12.7. The molecule has 11 nitrogen and oxygen atoms in total. The lowest BCUT2D eigenvalue weighted by molar-refractivity contribution is -0.148. The van der Waals surface area contributed by atoms with Gasteiger partial charge < -0.3 is 20.4 Å². The zero-order valence-corrected chi connectivity index (χ0v) is 20.7. The number of cyclic esters (lactones) is 1. The summed E-state index contributed by atoms with van der Waals surface area (Å²) >= 11 is 0. The van der Waals surface area contributed by atoms with E-state index in [-0.39, 0.29) is 37.1 Å². The Morgan fingerprint density at radius 2 is 1.95 bits per heavy atom. The van der Waals surface area contributed by atoms with E-state index >= 15 is 0 Å². The van der Waals surface area contributed by atoms with Crippen LogP contribution in [0.2, 0.25) is 0 Å². The number of aromatic amines is 2. The first kappa shape index (κ1) is 24.7. The number of aromatic nitrogens is 4. The summed E-state index contributed by atoms with van der Waals surface area (Å²) in [5.41, 5.74) is 3.74. The van der Waals surface area contributed by atoms with Crippen LogP contribution in [-0.2, 0) is 25.5 Å². The minimum Gasteiger partial charge on any atom is -0.452 e. The quantitative estimate of drug-likeness (QED) is 0.341. The fourth-order valence-electron chi connectivity index (χ4n) is 4.96. The van der Waals surface area contributed by atoms with E-state index in [4.69, 9.17) is 4.74 Å². The molecule has 0 spiro atoms. The van der Waals surface area contributed by atoms with Crippen LogP contribution in [0.1, 0.15) is 66.6 Å². The number of benzene rings is 1. The van der Waals surface area contributed by atoms with Crippen LogP contribution in [0.15, 0.2) is 18.2 Å². The van der Waals surface area contributed by atoms with Crippen molar-refractivity contribution in [2.45, 2.75) is 70.4 Å². The van der Waals surface area contributed by atoms with Crippen LogP contribution in [0, 0.1) is 6.92 Å². The largest absolute Gasteiger partial charge is 0.452 e. The molecule has 1 atom stereocenters. The highest BCUT2D eigenvalue weighted by Gasteiger charge is 2.30. The molecule has 1 aliphatic carbocycles. The third-order valence-corrected chi connectivity index (χ3v) is 6.92. The molecule has 2 fully saturated rings. The third kappa shape index (κ3) is 5.55. The lowest BCUT2D eigenvalue weighted by Crippen LogP contribution is -2.38. The number of amides is 2. The normalized spacial score (nSPS) is 18.1. The molecule has 37 heavy (non-hydrogen) atoms. The van der Waals surface area contributed by atoms with Gasteiger partial charge in [0.25, 0.3) is 11.8 Å². The average molecular weight is 507 g/mol. The van der Waals surface area contributed by atoms with Gasteiger partial charge in [0.05, 0.1) is 23.1 Å². The van der Waals surface area contributed by atoms with Gasteiger partial charge in [-0.3, -0.25) is 24.3 Å². The minimum absolute atomic E-state index is 0.117. The zero-order chi connectivity index (χ0) is 25.9. The van der Waals surface area contributed by atoms with Crippen LogP contribution in [-0.4, -0.2) is 62.4 Å². The van der Waals surface area contributed by atoms with Crippen molar-refractivity contribution in [3.8, 4) is 11.5 Å². The number of carbonyl (C=O) groups excluding carboxylic acids is 4. The summed E-state index contributed by atoms with van der Waals surface area (Å²) in [6.45, 7) is 1.67. The number of nitrogens with one attached hydrogen (secondary N) is 4. The highest BCUT2D eigenvalue weighted by Crippen LogP contribution is 2.26. The van der Waals surface area contributed by atoms with Crippen molar-refractivity contribution >= 4 is 34.6 Å². The number of hydrogen-bond acceptors (Lipinski definition) is 7. The monoisotopic (exact) mass is 506 g/mol. The standard InChI is InChI=1S/C26H30N6O5/c1-14-22(26(36)28-16-5-3-2-4-6-16)23(32-31-14)24-29-18-8-7-15(12-19(18)30-24)11-17(33)13-27-25(35)20-9-10-21(34)37-20/h7-8,12,16,20H,2-6,9-11,13H2,1H3,(H,27,35)(H,28,36)(H,29,30)(H,31,32)/t20-/m0/s1. The van der Waals surface area contributed by atoms with Gasteiger partial charge in [-0.05, 0) is 37.5 Å². The number of Topliss-reactive ketones (excluding diaryl/α,β-unsaturated/α-hetero) is 1. The summed E-state index contributed by atoms with van der Waals surface area (Å²) in [7, 11) is 0. The number of ether oxygens (including phenoxy) is 1. The van der Waals surface area contributed by atoms with Crippen LogP contribution < -0.4 is 10.6 Å². The average Bonchev–Trinajstić information content (AvgIpc) is 3.60. The van der Waals surface area contributed by atoms with Crippen molar-refractivity contribution in [2.24, 2.45) is 0 Å². The number of nitrogens with zero attached hydrogens (tertiary/aromatic N) is 2. The second-order valence-corrected chi connectivity index (χ2v) is 9.77. The molecule has 5 rings (SSSR count). The van der Waals surface area contributed by atoms with E-state index in [2.05, 4.69) is 30.8 Å². The van der Waals surface area contributed by atoms with Gasteiger partial charge in [0.1, 0.15) is 5.69 Å². The van der Waals surface area contributed by atoms with Crippen molar-refractivity contribution in [2.75, 3.05) is 6.54 Å². The molecule has 3 heterocycles. The van der Waals surface area contributed by atoms with E-state index < -0.39 is 18.0 Å². The summed E-state index contributed by atoms with van der Waals surface area (Å²) in [4.78, 5) is 56.6. The number of hydrogen-bond donors (Lipinski definition) is 4. The van der Waals surface area contributed by atoms with E-state index in [1.165, 1.54) is 6.42 Å². The Morgan fingerprint density at radius 1 is 1.14 bits per heavy atom. The predicted molar refractivity (Wildman–Crippen MR) is 134 cm³/mol. The molecule has 0 bridgehead atoms. The maximum atomic E-state index is 13.1. The number of imidazole rings is 1. The Hall–Kier alpha value is -4.02. The first-order valence-corrected chi connectivity index (χ1v) is 12.7. The molecule has 2 amide bonds. The number of rotatable bonds is 8. The summed E-state index contributed by atoms with van der Waals surface area (Å²) in [5, 5.41) is 12.9. The lowest BCUT2D eigenvalue weighted by atomic mass is 9.95. The summed E-state index contributed by atoms with van der Waals surface area (Å²) in [5.74, 6) is -0.725. The number of fused-ring (bicyclic) bond motifs is 1. The van der Waals surface area contributed by atoms with Gasteiger partial charge in [0, 0.05) is 31.0 Å². The molecule has 2 aliphatic rings. The van der Waals surface area contributed by atoms with E-state index in [1.54, 1.807) is 12.1 Å². The molecule has 1 saturated heterocycles. The SMILES string of the molecule is Cc1[nH]nc(-c2nc3ccc(CC(=O)CNC(=O)[C@@H]4CCC(=O)O4)cc3[nH]2)c1C(=O)NC1CCCCC1. The Kier molecular flexibility index (Phi) is 7.02. The molecular formula is C26H30N6O5. The molecular weight excluding hydrogens is 476 g/mol. The highest BCUT2D eigenvalue weighted by molar-refractivity contribution is 6.01. The summed E-state index contributed by atoms with van der Waals surface area (Å²) in [6, 6.07) is 5.61. The van der Waals surface area contributed by atoms with Crippen LogP contribution in [0.3, 0.4) is 0 Å². The molecule has 4 N–H and O–H groups in total. The van der Waals surface area contributed by atoms with E-state index in [0.29, 0.717) is 40.2 Å². The second-order valence-electron chi connectivity index (χ2n) is 9.77. The predicted octanol–water partition coefficient (Wildman–Crippen LogP) is 2.26. The number of carbonyl (C=O) groups is 4. The smallest absolute Gasteiger partial charge is 0.306 e. The molecule has 2 aromatic heterocycles. The molecule has 0 radical (unpaired) electrons. The van der Waals surface area contributed by atoms with Crippen molar-refractivity contribution in [3.63, 3.8) is 0 Å². The van der Waals surface area contributed by atoms with Gasteiger partial charge >= 0.3 is 5.97 Å². The van der Waals surface area contributed by atoms with Gasteiger partial charge in [0.15, 0.2) is 17.7 Å². The fourth-order valence-corrected chi connectivity index (χ4v) is 4.96. The van der Waals surface area contributed by atoms with Crippen LogP contribution in [0.5, 0.6) is 0 Å². The minimum atomic E-state index is -0.819. The second kappa shape index (κ2) is 10.5. The van der Waals surface area contributed by atoms with Crippen molar-refractivity contribution in [1.29, 1.82) is 0 Å². The van der Waals surface area contributed by atoms with E-state index in [0.717, 1.165) is 31.2 Å². The maximum Gasteiger partial charge on any atom is 0.306 e. The van der Waals surface area contributed by atoms with Gasteiger partial charge in [-0.15, -0.1) is 0 Å². The van der Waals surface area contributed by atoms with Crippen LogP contribution >= 0.6 is 0 Å². The van der Waals surface area contributed by atoms with Crippen molar-refractivity contribution in [1.82, 2.24) is 30.8 Å². The Labute approximate surface area is 213 Å². The fraction of sp³-hybridized carbons (Fsp3) is 0.462.